The minimum atomic E-state index is 0.535. The molecule has 4 rings (SSSR count). The molecule has 20 heavy (non-hydrogen) atoms. The Hall–Kier alpha value is -1.13. The van der Waals surface area contributed by atoms with Crippen LogP contribution in [0.5, 0.6) is 5.75 Å². The Kier molecular flexibility index (Phi) is 2.63. The number of rotatable bonds is 2. The van der Waals surface area contributed by atoms with Crippen LogP contribution in [0.25, 0.3) is 0 Å². The predicted octanol–water partition coefficient (Wildman–Crippen LogP) is 3.52. The summed E-state index contributed by atoms with van der Waals surface area (Å²) in [4.78, 5) is 4.68. The summed E-state index contributed by atoms with van der Waals surface area (Å²) in [5, 5.41) is 0. The maximum Gasteiger partial charge on any atom is 0.194 e. The van der Waals surface area contributed by atoms with Crippen LogP contribution < -0.4 is 4.74 Å². The van der Waals surface area contributed by atoms with Crippen LogP contribution in [0, 0.1) is 11.8 Å². The van der Waals surface area contributed by atoms with Crippen LogP contribution in [0.2, 0.25) is 0 Å². The molecule has 4 unspecified atom stereocenters. The second-order valence-corrected chi connectivity index (χ2v) is 7.09. The van der Waals surface area contributed by atoms with Gasteiger partial charge in [0.05, 0.1) is 20.2 Å². The van der Waals surface area contributed by atoms with E-state index in [0.29, 0.717) is 17.8 Å². The Bertz CT molecular complexity index is 639. The van der Waals surface area contributed by atoms with E-state index in [1.54, 1.807) is 0 Å². The van der Waals surface area contributed by atoms with Gasteiger partial charge in [0.15, 0.2) is 6.34 Å². The summed E-state index contributed by atoms with van der Waals surface area (Å²) in [5.41, 5.74) is 2.59. The molecule has 104 valence electrons. The van der Waals surface area contributed by atoms with E-state index >= 15 is 0 Å². The lowest BCUT2D eigenvalue weighted by Gasteiger charge is -2.18. The standard InChI is InChI=1S/C16H18BrN2O/c1-3-19(2)7-13(18-9-19)16-12-8-20-14-5-4-10(17)6-11(14)15(12)16/h4-7,9,12,15-16H,3,8H2,1-2H3/q+1. The number of quaternary nitrogens is 1. The normalized spacial score (nSPS) is 37.0. The summed E-state index contributed by atoms with van der Waals surface area (Å²) in [6.07, 6.45) is 4.36. The van der Waals surface area contributed by atoms with Crippen LogP contribution in [-0.2, 0) is 0 Å². The maximum atomic E-state index is 5.90. The number of halogens is 1. The molecule has 1 aliphatic carbocycles. The van der Waals surface area contributed by atoms with Gasteiger partial charge in [0.25, 0.3) is 0 Å². The van der Waals surface area contributed by atoms with Crippen molar-refractivity contribution in [3.05, 3.63) is 40.1 Å². The van der Waals surface area contributed by atoms with Crippen molar-refractivity contribution in [2.24, 2.45) is 16.8 Å². The van der Waals surface area contributed by atoms with Gasteiger partial charge in [-0.05, 0) is 30.7 Å². The van der Waals surface area contributed by atoms with E-state index < -0.39 is 0 Å². The van der Waals surface area contributed by atoms with Gasteiger partial charge in [-0.2, -0.15) is 0 Å². The number of ether oxygens (including phenoxy) is 1. The zero-order valence-electron chi connectivity index (χ0n) is 11.7. The van der Waals surface area contributed by atoms with Crippen LogP contribution in [0.3, 0.4) is 0 Å². The van der Waals surface area contributed by atoms with Crippen molar-refractivity contribution in [3.8, 4) is 5.75 Å². The first-order chi connectivity index (χ1) is 9.61. The molecule has 2 heterocycles. The maximum absolute atomic E-state index is 5.90. The number of nitrogens with zero attached hydrogens (tertiary/aromatic N) is 2. The van der Waals surface area contributed by atoms with Crippen molar-refractivity contribution >= 4 is 22.3 Å². The van der Waals surface area contributed by atoms with Crippen LogP contribution in [0.15, 0.2) is 39.6 Å². The SMILES string of the molecule is CC[N+]1(C)C=NC(C2C3COc4ccc(Br)cc4C32)=C1. The summed E-state index contributed by atoms with van der Waals surface area (Å²) < 4.78 is 7.84. The largest absolute Gasteiger partial charge is 0.493 e. The van der Waals surface area contributed by atoms with Crippen molar-refractivity contribution < 1.29 is 9.22 Å². The van der Waals surface area contributed by atoms with Crippen LogP contribution in [0.4, 0.5) is 0 Å². The van der Waals surface area contributed by atoms with Crippen molar-refractivity contribution in [3.63, 3.8) is 0 Å². The van der Waals surface area contributed by atoms with E-state index in [4.69, 9.17) is 4.74 Å². The van der Waals surface area contributed by atoms with Gasteiger partial charge in [0.2, 0.25) is 0 Å². The summed E-state index contributed by atoms with van der Waals surface area (Å²) in [5.74, 6) is 2.77. The highest BCUT2D eigenvalue weighted by Gasteiger charge is 2.58. The van der Waals surface area contributed by atoms with Crippen molar-refractivity contribution in [1.29, 1.82) is 0 Å². The smallest absolute Gasteiger partial charge is 0.194 e. The molecule has 0 amide bonds. The highest BCUT2D eigenvalue weighted by molar-refractivity contribution is 9.10. The van der Waals surface area contributed by atoms with Gasteiger partial charge in [0.1, 0.15) is 17.6 Å². The lowest BCUT2D eigenvalue weighted by atomic mass is 10.1. The minimum absolute atomic E-state index is 0.535. The van der Waals surface area contributed by atoms with Gasteiger partial charge in [-0.3, -0.25) is 4.48 Å². The molecule has 1 saturated carbocycles. The van der Waals surface area contributed by atoms with Crippen LogP contribution in [0.1, 0.15) is 18.4 Å². The van der Waals surface area contributed by atoms with Crippen molar-refractivity contribution in [2.75, 3.05) is 20.2 Å². The topological polar surface area (TPSA) is 21.6 Å². The first-order valence-electron chi connectivity index (χ1n) is 7.16. The second-order valence-electron chi connectivity index (χ2n) is 6.17. The van der Waals surface area contributed by atoms with Crippen LogP contribution in [-0.4, -0.2) is 31.0 Å². The van der Waals surface area contributed by atoms with Gasteiger partial charge < -0.3 is 4.74 Å². The Balaban J connectivity index is 1.67. The number of fused-ring (bicyclic) bond motifs is 3. The predicted molar refractivity (Wildman–Crippen MR) is 82.7 cm³/mol. The first-order valence-corrected chi connectivity index (χ1v) is 7.96. The number of benzene rings is 1. The zero-order valence-corrected chi connectivity index (χ0v) is 13.3. The molecular formula is C16H18BrN2O+. The third-order valence-corrected chi connectivity index (χ3v) is 5.34. The van der Waals surface area contributed by atoms with E-state index in [1.165, 1.54) is 11.3 Å². The zero-order chi connectivity index (χ0) is 13.9. The van der Waals surface area contributed by atoms with Gasteiger partial charge in [-0.15, -0.1) is 0 Å². The summed E-state index contributed by atoms with van der Waals surface area (Å²) >= 11 is 3.57. The van der Waals surface area contributed by atoms with E-state index in [-0.39, 0.29) is 0 Å². The number of hydrogen-bond donors (Lipinski definition) is 0. The molecule has 0 spiro atoms. The number of hydrogen-bond acceptors (Lipinski definition) is 2. The molecule has 0 N–H and O–H groups in total. The van der Waals surface area contributed by atoms with Crippen molar-refractivity contribution in [1.82, 2.24) is 0 Å². The summed E-state index contributed by atoms with van der Waals surface area (Å²) in [6.45, 7) is 4.07. The molecule has 1 aromatic rings. The van der Waals surface area contributed by atoms with E-state index in [0.717, 1.165) is 27.9 Å². The molecule has 2 aliphatic heterocycles. The summed E-state index contributed by atoms with van der Waals surface area (Å²) in [6, 6.07) is 6.33. The molecule has 0 aromatic heterocycles. The van der Waals surface area contributed by atoms with Gasteiger partial charge in [0, 0.05) is 22.2 Å². The van der Waals surface area contributed by atoms with Crippen LogP contribution >= 0.6 is 15.9 Å². The van der Waals surface area contributed by atoms with Gasteiger partial charge in [-0.25, -0.2) is 4.99 Å². The number of aliphatic imine (C=N–C) groups is 1. The molecule has 3 aliphatic rings. The fourth-order valence-corrected chi connectivity index (χ4v) is 3.80. The molecule has 1 fully saturated rings. The number of allylic oxidation sites excluding steroid dienone is 1. The highest BCUT2D eigenvalue weighted by Crippen LogP contribution is 2.62. The molecule has 4 atom stereocenters. The minimum Gasteiger partial charge on any atom is -0.493 e. The van der Waals surface area contributed by atoms with Gasteiger partial charge >= 0.3 is 0 Å². The average molecular weight is 334 g/mol. The summed E-state index contributed by atoms with van der Waals surface area (Å²) in [7, 11) is 2.20. The van der Waals surface area contributed by atoms with E-state index in [2.05, 4.69) is 65.6 Å². The average Bonchev–Trinajstić information content (AvgIpc) is 3.07. The van der Waals surface area contributed by atoms with E-state index in [1.807, 2.05) is 0 Å². The highest BCUT2D eigenvalue weighted by atomic mass is 79.9. The molecule has 0 radical (unpaired) electrons. The Labute approximate surface area is 127 Å². The fraction of sp³-hybridized carbons (Fsp3) is 0.438. The lowest BCUT2D eigenvalue weighted by molar-refractivity contribution is -0.754. The van der Waals surface area contributed by atoms with Gasteiger partial charge in [-0.1, -0.05) is 15.9 Å². The Morgan fingerprint density at radius 2 is 2.25 bits per heavy atom. The van der Waals surface area contributed by atoms with Crippen molar-refractivity contribution in [2.45, 2.75) is 12.8 Å². The third kappa shape index (κ3) is 1.78. The molecule has 4 heteroatoms. The Morgan fingerprint density at radius 3 is 3.00 bits per heavy atom. The third-order valence-electron chi connectivity index (χ3n) is 4.85. The molecular weight excluding hydrogens is 316 g/mol. The fourth-order valence-electron chi connectivity index (χ4n) is 3.42. The quantitative estimate of drug-likeness (QED) is 0.759. The molecule has 3 nitrogen and oxygen atoms in total. The second kappa shape index (κ2) is 4.18. The Morgan fingerprint density at radius 1 is 1.40 bits per heavy atom. The first kappa shape index (κ1) is 12.6. The lowest BCUT2D eigenvalue weighted by Crippen LogP contribution is -2.34. The van der Waals surface area contributed by atoms with E-state index in [9.17, 15) is 0 Å². The molecule has 0 saturated heterocycles. The monoisotopic (exact) mass is 333 g/mol. The molecule has 1 aromatic carbocycles. The molecule has 0 bridgehead atoms.